The number of rotatable bonds is 8. The molecular weight excluding hydrogens is 384 g/mol. The molecule has 0 aliphatic heterocycles. The number of carbonyl (C=O) groups is 1. The summed E-state index contributed by atoms with van der Waals surface area (Å²) in [6.07, 6.45) is 0.911. The van der Waals surface area contributed by atoms with Gasteiger partial charge in [0, 0.05) is 24.0 Å². The summed E-state index contributed by atoms with van der Waals surface area (Å²) >= 11 is 6.03. The van der Waals surface area contributed by atoms with E-state index in [9.17, 15) is 13.2 Å². The summed E-state index contributed by atoms with van der Waals surface area (Å²) in [6.45, 7) is 4.48. The van der Waals surface area contributed by atoms with Crippen LogP contribution in [0.4, 0.5) is 0 Å². The minimum absolute atomic E-state index is 0.0527. The number of carbonyl (C=O) groups excluding carboxylic acids is 1. The maximum atomic E-state index is 12.7. The SMILES string of the molecule is CNS(=O)(=O)c1ccc(CCC(=O)N(Cc2cccc(Cl)c2)C(C)C)cc1. The van der Waals surface area contributed by atoms with Gasteiger partial charge in [-0.05, 0) is 62.7 Å². The standard InChI is InChI=1S/C20H25ClN2O3S/c1-15(2)23(14-17-5-4-6-18(21)13-17)20(24)12-9-16-7-10-19(11-8-16)27(25,26)22-3/h4-8,10-11,13,15,22H,9,12,14H2,1-3H3. The number of hydrogen-bond donors (Lipinski definition) is 1. The molecule has 1 N–H and O–H groups in total. The van der Waals surface area contributed by atoms with E-state index < -0.39 is 10.0 Å². The second kappa shape index (κ2) is 9.35. The number of benzene rings is 2. The number of hydrogen-bond acceptors (Lipinski definition) is 3. The monoisotopic (exact) mass is 408 g/mol. The van der Waals surface area contributed by atoms with Gasteiger partial charge in [-0.2, -0.15) is 0 Å². The van der Waals surface area contributed by atoms with Gasteiger partial charge in [-0.25, -0.2) is 13.1 Å². The highest BCUT2D eigenvalue weighted by Gasteiger charge is 2.18. The molecule has 2 aromatic carbocycles. The third-order valence-corrected chi connectivity index (χ3v) is 5.98. The molecule has 0 aliphatic rings. The fraction of sp³-hybridized carbons (Fsp3) is 0.350. The van der Waals surface area contributed by atoms with Crippen LogP contribution in [0.3, 0.4) is 0 Å². The van der Waals surface area contributed by atoms with Crippen LogP contribution in [0, 0.1) is 0 Å². The fourth-order valence-electron chi connectivity index (χ4n) is 2.74. The molecule has 146 valence electrons. The number of amides is 1. The quantitative estimate of drug-likeness (QED) is 0.725. The van der Waals surface area contributed by atoms with Crippen molar-refractivity contribution in [3.8, 4) is 0 Å². The van der Waals surface area contributed by atoms with Crippen molar-refractivity contribution in [2.45, 2.75) is 44.2 Å². The molecule has 0 fully saturated rings. The van der Waals surface area contributed by atoms with Gasteiger partial charge in [-0.15, -0.1) is 0 Å². The Kier molecular flexibility index (Phi) is 7.41. The number of halogens is 1. The van der Waals surface area contributed by atoms with Crippen LogP contribution in [0.25, 0.3) is 0 Å². The van der Waals surface area contributed by atoms with E-state index in [4.69, 9.17) is 11.6 Å². The molecule has 2 aromatic rings. The zero-order valence-corrected chi connectivity index (χ0v) is 17.3. The zero-order valence-electron chi connectivity index (χ0n) is 15.8. The minimum Gasteiger partial charge on any atom is -0.336 e. The van der Waals surface area contributed by atoms with Gasteiger partial charge < -0.3 is 4.90 Å². The lowest BCUT2D eigenvalue weighted by Gasteiger charge is -2.27. The highest BCUT2D eigenvalue weighted by molar-refractivity contribution is 7.89. The molecule has 0 atom stereocenters. The van der Waals surface area contributed by atoms with Crippen LogP contribution in [0.1, 0.15) is 31.4 Å². The Bertz CT molecular complexity index is 880. The summed E-state index contributed by atoms with van der Waals surface area (Å²) < 4.78 is 25.8. The van der Waals surface area contributed by atoms with Gasteiger partial charge >= 0.3 is 0 Å². The average molecular weight is 409 g/mol. The lowest BCUT2D eigenvalue weighted by Crippen LogP contribution is -2.36. The second-order valence-electron chi connectivity index (χ2n) is 6.60. The first kappa shape index (κ1) is 21.4. The molecule has 7 heteroatoms. The van der Waals surface area contributed by atoms with Crippen molar-refractivity contribution in [2.24, 2.45) is 0 Å². The topological polar surface area (TPSA) is 66.5 Å². The first-order valence-electron chi connectivity index (χ1n) is 8.79. The molecule has 1 amide bonds. The minimum atomic E-state index is -3.44. The van der Waals surface area contributed by atoms with Crippen LogP contribution < -0.4 is 4.72 Å². The van der Waals surface area contributed by atoms with Crippen LogP contribution >= 0.6 is 11.6 Å². The maximum absolute atomic E-state index is 12.7. The zero-order chi connectivity index (χ0) is 20.0. The number of sulfonamides is 1. The second-order valence-corrected chi connectivity index (χ2v) is 8.92. The van der Waals surface area contributed by atoms with Crippen molar-refractivity contribution >= 4 is 27.5 Å². The predicted octanol–water partition coefficient (Wildman–Crippen LogP) is 3.62. The van der Waals surface area contributed by atoms with Crippen molar-refractivity contribution in [3.63, 3.8) is 0 Å². The molecule has 0 saturated carbocycles. The van der Waals surface area contributed by atoms with Gasteiger partial charge in [-0.1, -0.05) is 35.9 Å². The highest BCUT2D eigenvalue weighted by atomic mass is 35.5. The number of nitrogens with zero attached hydrogens (tertiary/aromatic N) is 1. The molecule has 0 bridgehead atoms. The van der Waals surface area contributed by atoms with Crippen molar-refractivity contribution in [1.29, 1.82) is 0 Å². The smallest absolute Gasteiger partial charge is 0.240 e. The van der Waals surface area contributed by atoms with E-state index in [2.05, 4.69) is 4.72 Å². The Labute approximate surface area is 166 Å². The lowest BCUT2D eigenvalue weighted by molar-refractivity contribution is -0.133. The molecule has 0 heterocycles. The van der Waals surface area contributed by atoms with Crippen LogP contribution in [0.5, 0.6) is 0 Å². The van der Waals surface area contributed by atoms with E-state index in [1.807, 2.05) is 43.0 Å². The fourth-order valence-corrected chi connectivity index (χ4v) is 3.68. The van der Waals surface area contributed by atoms with E-state index in [0.29, 0.717) is 24.4 Å². The average Bonchev–Trinajstić information content (AvgIpc) is 2.64. The molecule has 0 spiro atoms. The molecular formula is C20H25ClN2O3S. The van der Waals surface area contributed by atoms with Crippen LogP contribution in [0.2, 0.25) is 5.02 Å². The van der Waals surface area contributed by atoms with E-state index in [1.165, 1.54) is 7.05 Å². The molecule has 0 saturated heterocycles. The summed E-state index contributed by atoms with van der Waals surface area (Å²) in [5, 5.41) is 0.653. The predicted molar refractivity (Wildman–Crippen MR) is 108 cm³/mol. The third kappa shape index (κ3) is 6.06. The normalized spacial score (nSPS) is 11.6. The van der Waals surface area contributed by atoms with Gasteiger partial charge in [0.2, 0.25) is 15.9 Å². The Morgan fingerprint density at radius 3 is 2.33 bits per heavy atom. The largest absolute Gasteiger partial charge is 0.336 e. The number of nitrogens with one attached hydrogen (secondary N) is 1. The molecule has 27 heavy (non-hydrogen) atoms. The van der Waals surface area contributed by atoms with Crippen LogP contribution in [0.15, 0.2) is 53.4 Å². The van der Waals surface area contributed by atoms with Gasteiger partial charge in [0.05, 0.1) is 4.90 Å². The van der Waals surface area contributed by atoms with Crippen LogP contribution in [-0.2, 0) is 27.8 Å². The van der Waals surface area contributed by atoms with E-state index in [1.54, 1.807) is 24.3 Å². The first-order chi connectivity index (χ1) is 12.7. The molecule has 0 aliphatic carbocycles. The van der Waals surface area contributed by atoms with Gasteiger partial charge in [0.1, 0.15) is 0 Å². The molecule has 2 rings (SSSR count). The Morgan fingerprint density at radius 1 is 1.11 bits per heavy atom. The summed E-state index contributed by atoms with van der Waals surface area (Å²) in [6, 6.07) is 14.2. The Balaban J connectivity index is 2.01. The van der Waals surface area contributed by atoms with E-state index in [0.717, 1.165) is 11.1 Å². The van der Waals surface area contributed by atoms with Gasteiger partial charge in [-0.3, -0.25) is 4.79 Å². The highest BCUT2D eigenvalue weighted by Crippen LogP contribution is 2.16. The van der Waals surface area contributed by atoms with E-state index >= 15 is 0 Å². The summed E-state index contributed by atoms with van der Waals surface area (Å²) in [5.41, 5.74) is 1.91. The third-order valence-electron chi connectivity index (χ3n) is 4.32. The maximum Gasteiger partial charge on any atom is 0.240 e. The summed E-state index contributed by atoms with van der Waals surface area (Å²) in [5.74, 6) is 0.0527. The van der Waals surface area contributed by atoms with E-state index in [-0.39, 0.29) is 16.8 Å². The Hall–Kier alpha value is -1.89. The van der Waals surface area contributed by atoms with Gasteiger partial charge in [0.25, 0.3) is 0 Å². The summed E-state index contributed by atoms with van der Waals surface area (Å²) in [4.78, 5) is 14.7. The van der Waals surface area contributed by atoms with Gasteiger partial charge in [0.15, 0.2) is 0 Å². The molecule has 0 unspecified atom stereocenters. The molecule has 0 aromatic heterocycles. The van der Waals surface area contributed by atoms with Crippen LogP contribution in [-0.4, -0.2) is 32.3 Å². The lowest BCUT2D eigenvalue weighted by atomic mass is 10.1. The van der Waals surface area contributed by atoms with Crippen molar-refractivity contribution in [3.05, 3.63) is 64.7 Å². The van der Waals surface area contributed by atoms with Crippen molar-refractivity contribution in [1.82, 2.24) is 9.62 Å². The number of aryl methyl sites for hydroxylation is 1. The Morgan fingerprint density at radius 2 is 1.78 bits per heavy atom. The van der Waals surface area contributed by atoms with Crippen molar-refractivity contribution in [2.75, 3.05) is 7.05 Å². The van der Waals surface area contributed by atoms with Crippen molar-refractivity contribution < 1.29 is 13.2 Å². The molecule has 5 nitrogen and oxygen atoms in total. The molecule has 0 radical (unpaired) electrons. The summed E-state index contributed by atoms with van der Waals surface area (Å²) in [7, 11) is -2.07. The first-order valence-corrected chi connectivity index (χ1v) is 10.7.